The summed E-state index contributed by atoms with van der Waals surface area (Å²) >= 11 is 9.26. The molecule has 15 heavy (non-hydrogen) atoms. The second kappa shape index (κ2) is 4.16. The molecular weight excluding hydrogens is 279 g/mol. The van der Waals surface area contributed by atoms with Crippen molar-refractivity contribution in [3.63, 3.8) is 0 Å². The number of carbonyl (C=O) groups excluding carboxylic acids is 1. The lowest BCUT2D eigenvalue weighted by atomic mass is 10.4. The van der Waals surface area contributed by atoms with Gasteiger partial charge in [-0.2, -0.15) is 0 Å². The van der Waals surface area contributed by atoms with Gasteiger partial charge in [-0.05, 0) is 34.1 Å². The third kappa shape index (κ3) is 1.82. The van der Waals surface area contributed by atoms with Gasteiger partial charge in [0.15, 0.2) is 12.1 Å². The van der Waals surface area contributed by atoms with Gasteiger partial charge in [0.1, 0.15) is 5.69 Å². The lowest BCUT2D eigenvalue weighted by Crippen LogP contribution is -2.01. The Kier molecular flexibility index (Phi) is 2.88. The number of aldehydes is 1. The van der Waals surface area contributed by atoms with E-state index in [1.54, 1.807) is 35.2 Å². The van der Waals surface area contributed by atoms with Crippen molar-refractivity contribution in [2.24, 2.45) is 0 Å². The molecule has 0 atom stereocenters. The van der Waals surface area contributed by atoms with E-state index in [-0.39, 0.29) is 0 Å². The van der Waals surface area contributed by atoms with Crippen molar-refractivity contribution in [2.75, 3.05) is 0 Å². The van der Waals surface area contributed by atoms with Crippen LogP contribution in [0.25, 0.3) is 5.82 Å². The Bertz CT molecular complexity index is 510. The molecule has 0 spiro atoms. The highest BCUT2D eigenvalue weighted by Gasteiger charge is 2.10. The molecule has 0 aromatic carbocycles. The smallest absolute Gasteiger partial charge is 0.168 e. The largest absolute Gasteiger partial charge is 0.296 e. The molecule has 76 valence electrons. The summed E-state index contributed by atoms with van der Waals surface area (Å²) in [5.74, 6) is 0.548. The van der Waals surface area contributed by atoms with Gasteiger partial charge < -0.3 is 0 Å². The van der Waals surface area contributed by atoms with Crippen LogP contribution < -0.4 is 0 Å². The standard InChI is InChI=1S/C10H6BrClN2O/c11-7-3-5-14(9(7)6-15)10-8(12)2-1-4-13-10/h1-6H. The van der Waals surface area contributed by atoms with Gasteiger partial charge in [-0.25, -0.2) is 4.98 Å². The molecule has 0 N–H and O–H groups in total. The first-order valence-electron chi connectivity index (χ1n) is 4.17. The van der Waals surface area contributed by atoms with Gasteiger partial charge in [0.2, 0.25) is 0 Å². The molecule has 0 aliphatic rings. The number of aromatic nitrogens is 2. The predicted molar refractivity (Wildman–Crippen MR) is 61.7 cm³/mol. The Morgan fingerprint density at radius 2 is 2.27 bits per heavy atom. The fourth-order valence-corrected chi connectivity index (χ4v) is 1.89. The quantitative estimate of drug-likeness (QED) is 0.795. The first kappa shape index (κ1) is 10.4. The van der Waals surface area contributed by atoms with Gasteiger partial charge in [-0.15, -0.1) is 0 Å². The average molecular weight is 286 g/mol. The molecule has 2 rings (SSSR count). The Morgan fingerprint density at radius 3 is 2.93 bits per heavy atom. The Hall–Kier alpha value is -1.13. The van der Waals surface area contributed by atoms with E-state index < -0.39 is 0 Å². The van der Waals surface area contributed by atoms with E-state index in [2.05, 4.69) is 20.9 Å². The van der Waals surface area contributed by atoms with Crippen molar-refractivity contribution in [1.29, 1.82) is 0 Å². The summed E-state index contributed by atoms with van der Waals surface area (Å²) in [6, 6.07) is 5.24. The Labute approximate surface area is 99.8 Å². The molecule has 2 aromatic heterocycles. The molecule has 0 aliphatic heterocycles. The van der Waals surface area contributed by atoms with Crippen LogP contribution in [0.1, 0.15) is 10.5 Å². The SMILES string of the molecule is O=Cc1c(Br)ccn1-c1ncccc1Cl. The van der Waals surface area contributed by atoms with Crippen molar-refractivity contribution in [1.82, 2.24) is 9.55 Å². The topological polar surface area (TPSA) is 34.9 Å². The van der Waals surface area contributed by atoms with Crippen LogP contribution in [-0.4, -0.2) is 15.8 Å². The Morgan fingerprint density at radius 1 is 1.47 bits per heavy atom. The van der Waals surface area contributed by atoms with E-state index >= 15 is 0 Å². The van der Waals surface area contributed by atoms with Crippen LogP contribution in [0.5, 0.6) is 0 Å². The molecule has 0 bridgehead atoms. The summed E-state index contributed by atoms with van der Waals surface area (Å²) in [7, 11) is 0. The van der Waals surface area contributed by atoms with Gasteiger partial charge in [0.25, 0.3) is 0 Å². The molecule has 2 aromatic rings. The van der Waals surface area contributed by atoms with Crippen molar-refractivity contribution < 1.29 is 4.79 Å². The first-order chi connectivity index (χ1) is 7.24. The molecule has 0 saturated heterocycles. The average Bonchev–Trinajstić information content (AvgIpc) is 2.60. The van der Waals surface area contributed by atoms with Crippen molar-refractivity contribution >= 4 is 33.8 Å². The highest BCUT2D eigenvalue weighted by molar-refractivity contribution is 9.10. The molecule has 3 nitrogen and oxygen atoms in total. The van der Waals surface area contributed by atoms with Gasteiger partial charge in [0.05, 0.1) is 5.02 Å². The first-order valence-corrected chi connectivity index (χ1v) is 5.34. The van der Waals surface area contributed by atoms with Crippen LogP contribution in [0, 0.1) is 0 Å². The zero-order valence-corrected chi connectivity index (χ0v) is 9.86. The van der Waals surface area contributed by atoms with Crippen LogP contribution in [-0.2, 0) is 0 Å². The Balaban J connectivity index is 2.64. The number of carbonyl (C=O) groups is 1. The molecule has 2 heterocycles. The number of halogens is 2. The molecule has 0 radical (unpaired) electrons. The number of rotatable bonds is 2. The summed E-state index contributed by atoms with van der Waals surface area (Å²) in [6.07, 6.45) is 4.13. The van der Waals surface area contributed by atoms with Crippen LogP contribution in [0.2, 0.25) is 5.02 Å². The number of hydrogen-bond acceptors (Lipinski definition) is 2. The predicted octanol–water partition coefficient (Wildman–Crippen LogP) is 3.10. The minimum absolute atomic E-state index is 0.496. The number of nitrogens with zero attached hydrogens (tertiary/aromatic N) is 2. The van der Waals surface area contributed by atoms with Crippen LogP contribution in [0.15, 0.2) is 35.1 Å². The third-order valence-electron chi connectivity index (χ3n) is 1.95. The normalized spacial score (nSPS) is 10.3. The van der Waals surface area contributed by atoms with Crippen LogP contribution >= 0.6 is 27.5 Å². The fourth-order valence-electron chi connectivity index (χ4n) is 1.27. The van der Waals surface area contributed by atoms with E-state index in [1.807, 2.05) is 0 Å². The van der Waals surface area contributed by atoms with E-state index in [4.69, 9.17) is 11.6 Å². The minimum atomic E-state index is 0.496. The number of hydrogen-bond donors (Lipinski definition) is 0. The van der Waals surface area contributed by atoms with Gasteiger partial charge in [-0.3, -0.25) is 9.36 Å². The van der Waals surface area contributed by atoms with Crippen LogP contribution in [0.3, 0.4) is 0 Å². The van der Waals surface area contributed by atoms with Crippen molar-refractivity contribution in [3.05, 3.63) is 45.8 Å². The van der Waals surface area contributed by atoms with Gasteiger partial charge >= 0.3 is 0 Å². The van der Waals surface area contributed by atoms with E-state index in [0.717, 1.165) is 10.8 Å². The van der Waals surface area contributed by atoms with Crippen molar-refractivity contribution in [3.8, 4) is 5.82 Å². The third-order valence-corrected chi connectivity index (χ3v) is 2.92. The summed E-state index contributed by atoms with van der Waals surface area (Å²) in [5, 5.41) is 0.503. The fraction of sp³-hybridized carbons (Fsp3) is 0. The maximum absolute atomic E-state index is 10.9. The second-order valence-corrected chi connectivity index (χ2v) is 4.11. The molecule has 5 heteroatoms. The zero-order chi connectivity index (χ0) is 10.8. The summed E-state index contributed by atoms with van der Waals surface area (Å²) in [5.41, 5.74) is 0.496. The minimum Gasteiger partial charge on any atom is -0.296 e. The summed E-state index contributed by atoms with van der Waals surface area (Å²) < 4.78 is 2.36. The zero-order valence-electron chi connectivity index (χ0n) is 7.52. The maximum Gasteiger partial charge on any atom is 0.168 e. The van der Waals surface area contributed by atoms with E-state index in [1.165, 1.54) is 0 Å². The van der Waals surface area contributed by atoms with E-state index in [9.17, 15) is 4.79 Å². The molecule has 0 fully saturated rings. The lowest BCUT2D eigenvalue weighted by Gasteiger charge is -2.05. The van der Waals surface area contributed by atoms with Gasteiger partial charge in [0, 0.05) is 16.9 Å². The molecule has 0 amide bonds. The summed E-state index contributed by atoms with van der Waals surface area (Å²) in [6.45, 7) is 0. The molecule has 0 unspecified atom stereocenters. The highest BCUT2D eigenvalue weighted by Crippen LogP contribution is 2.23. The van der Waals surface area contributed by atoms with Crippen molar-refractivity contribution in [2.45, 2.75) is 0 Å². The van der Waals surface area contributed by atoms with Gasteiger partial charge in [-0.1, -0.05) is 11.6 Å². The lowest BCUT2D eigenvalue weighted by molar-refractivity contribution is 0.111. The highest BCUT2D eigenvalue weighted by atomic mass is 79.9. The maximum atomic E-state index is 10.9. The molecular formula is C10H6BrClN2O. The molecule has 0 saturated carbocycles. The monoisotopic (exact) mass is 284 g/mol. The number of pyridine rings is 1. The van der Waals surface area contributed by atoms with E-state index in [0.29, 0.717) is 16.5 Å². The summed E-state index contributed by atoms with van der Waals surface area (Å²) in [4.78, 5) is 15.0. The second-order valence-electron chi connectivity index (χ2n) is 2.85. The van der Waals surface area contributed by atoms with Crippen LogP contribution in [0.4, 0.5) is 0 Å². The molecule has 0 aliphatic carbocycles.